The maximum absolute atomic E-state index is 10.9. The Bertz CT molecular complexity index is 208. The Labute approximate surface area is 59.3 Å². The lowest BCUT2D eigenvalue weighted by atomic mass is 10.3. The highest BCUT2D eigenvalue weighted by atomic mass is 16.2. The second-order valence-corrected chi connectivity index (χ2v) is 2.22. The van der Waals surface area contributed by atoms with Crippen LogP contribution in [0.1, 0.15) is 13.3 Å². The summed E-state index contributed by atoms with van der Waals surface area (Å²) in [6, 6.07) is 0. The predicted octanol–water partition coefficient (Wildman–Crippen LogP) is 0.321. The van der Waals surface area contributed by atoms with Crippen LogP contribution in [0.15, 0.2) is 12.3 Å². The minimum atomic E-state index is -0.410. The molecule has 0 radical (unpaired) electrons. The van der Waals surface area contributed by atoms with E-state index >= 15 is 0 Å². The van der Waals surface area contributed by atoms with Gasteiger partial charge in [-0.1, -0.05) is 6.58 Å². The zero-order valence-corrected chi connectivity index (χ0v) is 5.89. The van der Waals surface area contributed by atoms with Crippen LogP contribution in [0.4, 0.5) is 0 Å². The number of hydrogen-bond acceptors (Lipinski definition) is 2. The Morgan fingerprint density at radius 3 is 2.40 bits per heavy atom. The number of carbonyl (C=O) groups excluding carboxylic acids is 2. The highest BCUT2D eigenvalue weighted by molar-refractivity contribution is 6.39. The minimum Gasteiger partial charge on any atom is -0.310 e. The first-order chi connectivity index (χ1) is 4.66. The number of nitrogens with zero attached hydrogens (tertiary/aromatic N) is 1. The molecule has 54 valence electrons. The Kier molecular flexibility index (Phi) is 1.57. The summed E-state index contributed by atoms with van der Waals surface area (Å²) in [5, 5.41) is 0. The molecular formula is C7H9NO2. The molecule has 1 saturated heterocycles. The van der Waals surface area contributed by atoms with E-state index in [1.807, 2.05) is 6.92 Å². The highest BCUT2D eigenvalue weighted by Gasteiger charge is 2.30. The molecule has 1 rings (SSSR count). The van der Waals surface area contributed by atoms with E-state index in [4.69, 9.17) is 0 Å². The van der Waals surface area contributed by atoms with Gasteiger partial charge in [0, 0.05) is 12.2 Å². The van der Waals surface area contributed by atoms with Crippen LogP contribution in [0.5, 0.6) is 0 Å². The third-order valence-electron chi connectivity index (χ3n) is 1.55. The molecule has 3 nitrogen and oxygen atoms in total. The van der Waals surface area contributed by atoms with E-state index in [1.165, 1.54) is 4.90 Å². The maximum atomic E-state index is 10.9. The summed E-state index contributed by atoms with van der Waals surface area (Å²) in [6.07, 6.45) is 0.201. The fraction of sp³-hybridized carbons (Fsp3) is 0.429. The molecule has 0 atom stereocenters. The summed E-state index contributed by atoms with van der Waals surface area (Å²) in [5.74, 6) is -0.751. The molecule has 0 unspecified atom stereocenters. The van der Waals surface area contributed by atoms with Crippen molar-refractivity contribution < 1.29 is 9.59 Å². The van der Waals surface area contributed by atoms with E-state index in [2.05, 4.69) is 6.58 Å². The summed E-state index contributed by atoms with van der Waals surface area (Å²) < 4.78 is 0. The van der Waals surface area contributed by atoms with Gasteiger partial charge in [0.2, 0.25) is 5.78 Å². The van der Waals surface area contributed by atoms with Gasteiger partial charge in [-0.25, -0.2) is 0 Å². The Hall–Kier alpha value is -1.12. The van der Waals surface area contributed by atoms with Crippen molar-refractivity contribution in [2.75, 3.05) is 6.54 Å². The molecule has 0 N–H and O–H groups in total. The Morgan fingerprint density at radius 2 is 2.20 bits per heavy atom. The number of hydrogen-bond donors (Lipinski definition) is 0. The first-order valence-corrected chi connectivity index (χ1v) is 3.19. The number of carbonyl (C=O) groups is 2. The van der Waals surface area contributed by atoms with Crippen molar-refractivity contribution in [3.8, 4) is 0 Å². The van der Waals surface area contributed by atoms with E-state index in [0.29, 0.717) is 12.2 Å². The van der Waals surface area contributed by atoms with E-state index in [-0.39, 0.29) is 12.2 Å². The van der Waals surface area contributed by atoms with Crippen molar-refractivity contribution in [2.24, 2.45) is 0 Å². The first-order valence-electron chi connectivity index (χ1n) is 3.19. The third-order valence-corrected chi connectivity index (χ3v) is 1.55. The van der Waals surface area contributed by atoms with Crippen molar-refractivity contribution in [1.29, 1.82) is 0 Å². The van der Waals surface area contributed by atoms with Crippen LogP contribution in [-0.4, -0.2) is 23.1 Å². The van der Waals surface area contributed by atoms with Crippen molar-refractivity contribution in [2.45, 2.75) is 13.3 Å². The highest BCUT2D eigenvalue weighted by Crippen LogP contribution is 2.16. The van der Waals surface area contributed by atoms with Crippen LogP contribution < -0.4 is 0 Å². The fourth-order valence-corrected chi connectivity index (χ4v) is 1.02. The lowest BCUT2D eigenvalue weighted by molar-refractivity contribution is -0.139. The largest absolute Gasteiger partial charge is 0.310 e. The molecule has 0 aromatic heterocycles. The number of ketones is 1. The third kappa shape index (κ3) is 0.835. The normalized spacial score (nSPS) is 18.9. The number of likely N-dealkylation sites (N-methyl/N-ethyl adjacent to an activating group) is 1. The number of amides is 1. The Morgan fingerprint density at radius 1 is 1.60 bits per heavy atom. The zero-order valence-electron chi connectivity index (χ0n) is 5.89. The van der Waals surface area contributed by atoms with Gasteiger partial charge in [-0.05, 0) is 6.92 Å². The quantitative estimate of drug-likeness (QED) is 0.491. The SMILES string of the molecule is C=C1CC(=O)C(=O)N1CC. The van der Waals surface area contributed by atoms with Crippen LogP contribution in [0.25, 0.3) is 0 Å². The van der Waals surface area contributed by atoms with Gasteiger partial charge >= 0.3 is 0 Å². The van der Waals surface area contributed by atoms with Crippen molar-refractivity contribution >= 4 is 11.7 Å². The molecule has 0 aliphatic carbocycles. The van der Waals surface area contributed by atoms with E-state index in [1.54, 1.807) is 0 Å². The standard InChI is InChI=1S/C7H9NO2/c1-3-8-5(2)4-6(9)7(8)10/h2-4H2,1H3. The van der Waals surface area contributed by atoms with Gasteiger partial charge in [-0.2, -0.15) is 0 Å². The number of rotatable bonds is 1. The average Bonchev–Trinajstić information content (AvgIpc) is 2.09. The molecule has 1 aliphatic rings. The fourth-order valence-electron chi connectivity index (χ4n) is 1.02. The Balaban J connectivity index is 2.84. The monoisotopic (exact) mass is 139 g/mol. The molecule has 0 spiro atoms. The molecule has 3 heteroatoms. The van der Waals surface area contributed by atoms with Crippen LogP contribution in [0, 0.1) is 0 Å². The van der Waals surface area contributed by atoms with Crippen LogP contribution in [0.3, 0.4) is 0 Å². The van der Waals surface area contributed by atoms with Crippen LogP contribution in [0.2, 0.25) is 0 Å². The van der Waals surface area contributed by atoms with Gasteiger partial charge in [0.15, 0.2) is 0 Å². The minimum absolute atomic E-state index is 0.201. The molecule has 0 aromatic carbocycles. The summed E-state index contributed by atoms with van der Waals surface area (Å²) in [4.78, 5) is 23.0. The van der Waals surface area contributed by atoms with Gasteiger partial charge < -0.3 is 4.90 Å². The number of Topliss-reactive ketones (excluding diaryl/α,β-unsaturated/α-hetero) is 1. The van der Waals surface area contributed by atoms with Crippen LogP contribution in [-0.2, 0) is 9.59 Å². The van der Waals surface area contributed by atoms with Crippen LogP contribution >= 0.6 is 0 Å². The summed E-state index contributed by atoms with van der Waals surface area (Å²) in [7, 11) is 0. The molecule has 1 amide bonds. The van der Waals surface area contributed by atoms with E-state index in [0.717, 1.165) is 0 Å². The summed E-state index contributed by atoms with van der Waals surface area (Å²) in [6.45, 7) is 5.96. The van der Waals surface area contributed by atoms with Crippen molar-refractivity contribution in [3.05, 3.63) is 12.3 Å². The second kappa shape index (κ2) is 2.25. The van der Waals surface area contributed by atoms with Crippen molar-refractivity contribution in [3.63, 3.8) is 0 Å². The molecule has 1 aliphatic heterocycles. The van der Waals surface area contributed by atoms with Gasteiger partial charge in [-0.15, -0.1) is 0 Å². The predicted molar refractivity (Wildman–Crippen MR) is 36.2 cm³/mol. The maximum Gasteiger partial charge on any atom is 0.294 e. The molecule has 1 heterocycles. The summed E-state index contributed by atoms with van der Waals surface area (Å²) in [5.41, 5.74) is 0.623. The second-order valence-electron chi connectivity index (χ2n) is 2.22. The van der Waals surface area contributed by atoms with Gasteiger partial charge in [0.05, 0.1) is 6.42 Å². The zero-order chi connectivity index (χ0) is 7.72. The summed E-state index contributed by atoms with van der Waals surface area (Å²) >= 11 is 0. The van der Waals surface area contributed by atoms with Gasteiger partial charge in [0.25, 0.3) is 5.91 Å². The van der Waals surface area contributed by atoms with Gasteiger partial charge in [-0.3, -0.25) is 9.59 Å². The van der Waals surface area contributed by atoms with E-state index in [9.17, 15) is 9.59 Å². The van der Waals surface area contributed by atoms with E-state index < -0.39 is 5.91 Å². The average molecular weight is 139 g/mol. The molecule has 10 heavy (non-hydrogen) atoms. The number of allylic oxidation sites excluding steroid dienone is 1. The smallest absolute Gasteiger partial charge is 0.294 e. The van der Waals surface area contributed by atoms with Gasteiger partial charge in [0.1, 0.15) is 0 Å². The molecule has 0 aromatic rings. The first kappa shape index (κ1) is 6.99. The molecule has 0 bridgehead atoms. The lowest BCUT2D eigenvalue weighted by Crippen LogP contribution is -2.25. The topological polar surface area (TPSA) is 37.4 Å². The van der Waals surface area contributed by atoms with Crippen molar-refractivity contribution in [1.82, 2.24) is 4.90 Å². The molecule has 1 fully saturated rings. The lowest BCUT2D eigenvalue weighted by Gasteiger charge is -2.11. The molecule has 0 saturated carbocycles. The molecular weight excluding hydrogens is 130 g/mol. The number of likely N-dealkylation sites (tertiary alicyclic amines) is 1.